The number of amides is 1. The lowest BCUT2D eigenvalue weighted by Crippen LogP contribution is -2.29. The van der Waals surface area contributed by atoms with Gasteiger partial charge in [0.1, 0.15) is 0 Å². The number of carbonyl (C=O) groups is 1. The van der Waals surface area contributed by atoms with Crippen LogP contribution in [0.15, 0.2) is 36.9 Å². The fourth-order valence-corrected chi connectivity index (χ4v) is 2.50. The molecule has 0 unspecified atom stereocenters. The van der Waals surface area contributed by atoms with Crippen molar-refractivity contribution in [2.24, 2.45) is 7.05 Å². The van der Waals surface area contributed by atoms with Gasteiger partial charge in [0.2, 0.25) is 0 Å². The highest BCUT2D eigenvalue weighted by Gasteiger charge is 2.20. The summed E-state index contributed by atoms with van der Waals surface area (Å²) in [7, 11) is 1.89. The summed E-state index contributed by atoms with van der Waals surface area (Å²) in [6.07, 6.45) is 1.30. The Kier molecular flexibility index (Phi) is 4.48. The molecule has 0 N–H and O–H groups in total. The number of anilines is 1. The molecule has 0 radical (unpaired) electrons. The molecule has 1 heterocycles. The Bertz CT molecular complexity index is 691. The summed E-state index contributed by atoms with van der Waals surface area (Å²) in [6, 6.07) is 7.28. The van der Waals surface area contributed by atoms with E-state index in [4.69, 9.17) is 11.6 Å². The lowest BCUT2D eigenvalue weighted by Gasteiger charge is -2.22. The fourth-order valence-electron chi connectivity index (χ4n) is 2.27. The summed E-state index contributed by atoms with van der Waals surface area (Å²) in [4.78, 5) is 13.8. The van der Waals surface area contributed by atoms with Crippen molar-refractivity contribution in [2.45, 2.75) is 20.4 Å². The van der Waals surface area contributed by atoms with Crippen LogP contribution in [0.2, 0.25) is 5.02 Å². The Hall–Kier alpha value is -2.07. The Balaban J connectivity index is 2.45. The second-order valence-electron chi connectivity index (χ2n) is 4.85. The van der Waals surface area contributed by atoms with Crippen molar-refractivity contribution in [1.29, 1.82) is 0 Å². The van der Waals surface area contributed by atoms with E-state index in [1.165, 1.54) is 6.08 Å². The van der Waals surface area contributed by atoms with E-state index in [9.17, 15) is 4.79 Å². The van der Waals surface area contributed by atoms with E-state index in [1.807, 2.05) is 43.8 Å². The number of nitrogens with zero attached hydrogens (tertiary/aromatic N) is 3. The van der Waals surface area contributed by atoms with Crippen LogP contribution in [0.5, 0.6) is 0 Å². The highest BCUT2D eigenvalue weighted by Crippen LogP contribution is 2.28. The molecule has 0 fully saturated rings. The second kappa shape index (κ2) is 6.14. The summed E-state index contributed by atoms with van der Waals surface area (Å²) in [6.45, 7) is 7.91. The van der Waals surface area contributed by atoms with Gasteiger partial charge in [-0.2, -0.15) is 5.10 Å². The van der Waals surface area contributed by atoms with Crippen molar-refractivity contribution in [3.63, 3.8) is 0 Å². The van der Waals surface area contributed by atoms with Crippen LogP contribution in [-0.2, 0) is 18.4 Å². The number of hydrogen-bond donors (Lipinski definition) is 0. The van der Waals surface area contributed by atoms with Crippen LogP contribution in [-0.4, -0.2) is 15.7 Å². The van der Waals surface area contributed by atoms with Gasteiger partial charge in [-0.15, -0.1) is 0 Å². The minimum Gasteiger partial charge on any atom is -0.303 e. The topological polar surface area (TPSA) is 38.1 Å². The minimum absolute atomic E-state index is 0.189. The third-order valence-corrected chi connectivity index (χ3v) is 3.88. The van der Waals surface area contributed by atoms with Gasteiger partial charge in [0.05, 0.1) is 22.9 Å². The molecule has 2 aromatic rings. The summed E-state index contributed by atoms with van der Waals surface area (Å²) in [5.41, 5.74) is 3.63. The van der Waals surface area contributed by atoms with Gasteiger partial charge in [-0.25, -0.2) is 0 Å². The maximum Gasteiger partial charge on any atom is 0.250 e. The van der Waals surface area contributed by atoms with Crippen molar-refractivity contribution >= 4 is 23.2 Å². The molecule has 4 nitrogen and oxygen atoms in total. The molecule has 110 valence electrons. The van der Waals surface area contributed by atoms with Crippen LogP contribution in [0.4, 0.5) is 5.69 Å². The van der Waals surface area contributed by atoms with Crippen molar-refractivity contribution in [3.8, 4) is 0 Å². The molecule has 0 atom stereocenters. The Morgan fingerprint density at radius 3 is 2.62 bits per heavy atom. The maximum absolute atomic E-state index is 12.2. The largest absolute Gasteiger partial charge is 0.303 e. The molecule has 1 aromatic heterocycles. The molecule has 0 bridgehead atoms. The zero-order chi connectivity index (χ0) is 15.6. The zero-order valence-electron chi connectivity index (χ0n) is 12.4. The molecule has 0 aliphatic rings. The summed E-state index contributed by atoms with van der Waals surface area (Å²) in [5, 5.41) is 4.92. The molecule has 1 amide bonds. The van der Waals surface area contributed by atoms with Crippen LogP contribution < -0.4 is 4.90 Å². The number of halogens is 1. The van der Waals surface area contributed by atoms with E-state index in [-0.39, 0.29) is 5.91 Å². The van der Waals surface area contributed by atoms with E-state index in [0.29, 0.717) is 17.3 Å². The lowest BCUT2D eigenvalue weighted by molar-refractivity contribution is -0.114. The monoisotopic (exact) mass is 303 g/mol. The number of para-hydroxylation sites is 1. The normalized spacial score (nSPS) is 10.5. The van der Waals surface area contributed by atoms with Gasteiger partial charge in [0.15, 0.2) is 0 Å². The standard InChI is InChI=1S/C16H18ClN3O/c1-5-16(21)20(15-9-7-6-8-14(15)17)10-13-11(2)18-19(4)12(13)3/h5-9H,1,10H2,2-4H3. The fraction of sp³-hybridized carbons (Fsp3) is 0.250. The third-order valence-electron chi connectivity index (χ3n) is 3.56. The first-order valence-corrected chi connectivity index (χ1v) is 7.01. The lowest BCUT2D eigenvalue weighted by atomic mass is 10.1. The molecular weight excluding hydrogens is 286 g/mol. The molecule has 0 saturated heterocycles. The summed E-state index contributed by atoms with van der Waals surface area (Å²) in [5.74, 6) is -0.189. The Morgan fingerprint density at radius 1 is 1.43 bits per heavy atom. The molecule has 0 spiro atoms. The predicted molar refractivity (Wildman–Crippen MR) is 85.5 cm³/mol. The molecule has 1 aromatic carbocycles. The van der Waals surface area contributed by atoms with Crippen molar-refractivity contribution in [2.75, 3.05) is 4.90 Å². The van der Waals surface area contributed by atoms with E-state index in [0.717, 1.165) is 17.0 Å². The van der Waals surface area contributed by atoms with Crippen LogP contribution in [0.25, 0.3) is 0 Å². The average molecular weight is 304 g/mol. The molecule has 2 rings (SSSR count). The number of hydrogen-bond acceptors (Lipinski definition) is 2. The summed E-state index contributed by atoms with van der Waals surface area (Å²) >= 11 is 6.22. The van der Waals surface area contributed by atoms with E-state index in [2.05, 4.69) is 11.7 Å². The molecule has 0 saturated carbocycles. The van der Waals surface area contributed by atoms with Crippen molar-refractivity contribution in [3.05, 3.63) is 58.9 Å². The number of carbonyl (C=O) groups excluding carboxylic acids is 1. The van der Waals surface area contributed by atoms with Gasteiger partial charge < -0.3 is 4.90 Å². The molecule has 21 heavy (non-hydrogen) atoms. The van der Waals surface area contributed by atoms with E-state index >= 15 is 0 Å². The first-order chi connectivity index (χ1) is 9.95. The maximum atomic E-state index is 12.2. The minimum atomic E-state index is -0.189. The average Bonchev–Trinajstić information content (AvgIpc) is 2.70. The second-order valence-corrected chi connectivity index (χ2v) is 5.26. The van der Waals surface area contributed by atoms with Gasteiger partial charge in [-0.1, -0.05) is 30.3 Å². The number of rotatable bonds is 4. The Morgan fingerprint density at radius 2 is 2.10 bits per heavy atom. The highest BCUT2D eigenvalue weighted by molar-refractivity contribution is 6.33. The molecular formula is C16H18ClN3O. The van der Waals surface area contributed by atoms with Crippen LogP contribution in [0.3, 0.4) is 0 Å². The summed E-state index contributed by atoms with van der Waals surface area (Å²) < 4.78 is 1.81. The van der Waals surface area contributed by atoms with Gasteiger partial charge in [0.25, 0.3) is 5.91 Å². The predicted octanol–water partition coefficient (Wildman–Crippen LogP) is 3.41. The molecule has 0 aliphatic carbocycles. The zero-order valence-corrected chi connectivity index (χ0v) is 13.2. The molecule has 0 aliphatic heterocycles. The quantitative estimate of drug-likeness (QED) is 0.812. The number of aryl methyl sites for hydroxylation is 2. The van der Waals surface area contributed by atoms with E-state index in [1.54, 1.807) is 11.0 Å². The first-order valence-electron chi connectivity index (χ1n) is 6.63. The Labute approximate surface area is 129 Å². The van der Waals surface area contributed by atoms with Gasteiger partial charge in [-0.3, -0.25) is 9.48 Å². The highest BCUT2D eigenvalue weighted by atomic mass is 35.5. The number of benzene rings is 1. The van der Waals surface area contributed by atoms with Crippen LogP contribution >= 0.6 is 11.6 Å². The SMILES string of the molecule is C=CC(=O)N(Cc1c(C)nn(C)c1C)c1ccccc1Cl. The van der Waals surface area contributed by atoms with Gasteiger partial charge >= 0.3 is 0 Å². The van der Waals surface area contributed by atoms with Gasteiger partial charge in [0, 0.05) is 18.3 Å². The van der Waals surface area contributed by atoms with Crippen LogP contribution in [0.1, 0.15) is 17.0 Å². The number of aromatic nitrogens is 2. The van der Waals surface area contributed by atoms with Gasteiger partial charge in [-0.05, 0) is 32.1 Å². The van der Waals surface area contributed by atoms with E-state index < -0.39 is 0 Å². The third kappa shape index (κ3) is 3.00. The first kappa shape index (κ1) is 15.3. The van der Waals surface area contributed by atoms with Crippen molar-refractivity contribution in [1.82, 2.24) is 9.78 Å². The molecule has 5 heteroatoms. The van der Waals surface area contributed by atoms with Crippen molar-refractivity contribution < 1.29 is 4.79 Å². The van der Waals surface area contributed by atoms with Crippen LogP contribution in [0, 0.1) is 13.8 Å². The smallest absolute Gasteiger partial charge is 0.250 e.